The highest BCUT2D eigenvalue weighted by atomic mass is 16.1. The average Bonchev–Trinajstić information content (AvgIpc) is 2.91. The van der Waals surface area contributed by atoms with Gasteiger partial charge in [-0.25, -0.2) is 0 Å². The molecule has 1 aliphatic carbocycles. The molecule has 1 saturated carbocycles. The van der Waals surface area contributed by atoms with Crippen molar-refractivity contribution in [1.29, 1.82) is 0 Å². The van der Waals surface area contributed by atoms with E-state index < -0.39 is 0 Å². The zero-order valence-corrected chi connectivity index (χ0v) is 12.0. The van der Waals surface area contributed by atoms with Crippen LogP contribution in [0.2, 0.25) is 0 Å². The Balaban J connectivity index is 2.06. The highest BCUT2D eigenvalue weighted by Crippen LogP contribution is 2.32. The van der Waals surface area contributed by atoms with Crippen molar-refractivity contribution in [3.63, 3.8) is 0 Å². The molecule has 100 valence electrons. The number of fused-ring (bicyclic) bond motifs is 1. The molecule has 1 aromatic heterocycles. The second-order valence-corrected chi connectivity index (χ2v) is 5.92. The maximum absolute atomic E-state index is 11.9. The van der Waals surface area contributed by atoms with Gasteiger partial charge in [-0.05, 0) is 56.7 Å². The lowest BCUT2D eigenvalue weighted by Gasteiger charge is -2.08. The molecular formula is C17H21NO. The minimum atomic E-state index is 0.249. The summed E-state index contributed by atoms with van der Waals surface area (Å²) in [6.45, 7) is 6.44. The lowest BCUT2D eigenvalue weighted by molar-refractivity contribution is -0.120. The van der Waals surface area contributed by atoms with E-state index >= 15 is 0 Å². The molecule has 2 nitrogen and oxygen atoms in total. The molecule has 0 amide bonds. The van der Waals surface area contributed by atoms with Gasteiger partial charge in [-0.15, -0.1) is 0 Å². The van der Waals surface area contributed by atoms with Crippen molar-refractivity contribution in [2.24, 2.45) is 5.92 Å². The average molecular weight is 255 g/mol. The summed E-state index contributed by atoms with van der Waals surface area (Å²) in [6, 6.07) is 4.39. The van der Waals surface area contributed by atoms with Gasteiger partial charge in [0.05, 0.1) is 0 Å². The van der Waals surface area contributed by atoms with Crippen LogP contribution in [-0.2, 0) is 11.2 Å². The second-order valence-electron chi connectivity index (χ2n) is 5.92. The van der Waals surface area contributed by atoms with E-state index in [1.165, 1.54) is 33.3 Å². The van der Waals surface area contributed by atoms with Crippen molar-refractivity contribution in [2.45, 2.75) is 46.5 Å². The van der Waals surface area contributed by atoms with Crippen LogP contribution in [0.1, 0.15) is 41.6 Å². The van der Waals surface area contributed by atoms with Crippen molar-refractivity contribution in [3.8, 4) is 0 Å². The molecule has 3 rings (SSSR count). The number of aryl methyl sites for hydroxylation is 3. The monoisotopic (exact) mass is 255 g/mol. The van der Waals surface area contributed by atoms with Crippen molar-refractivity contribution >= 4 is 16.7 Å². The Labute approximate surface area is 114 Å². The van der Waals surface area contributed by atoms with Crippen LogP contribution >= 0.6 is 0 Å². The zero-order valence-electron chi connectivity index (χ0n) is 12.0. The Morgan fingerprint density at radius 3 is 2.74 bits per heavy atom. The minimum absolute atomic E-state index is 0.249. The molecule has 0 spiro atoms. The number of Topliss-reactive ketones (excluding diaryl/α,β-unsaturated/α-hetero) is 1. The standard InChI is InChI=1S/C17H21NO/c1-10-7-8-14-15(9-13-5-4-6-16(13)19)12(3)18-17(14)11(10)2/h7-8,13,18H,4-6,9H2,1-3H3. The fourth-order valence-corrected chi connectivity index (χ4v) is 3.31. The van der Waals surface area contributed by atoms with Crippen LogP contribution < -0.4 is 0 Å². The van der Waals surface area contributed by atoms with Gasteiger partial charge in [0, 0.05) is 28.9 Å². The van der Waals surface area contributed by atoms with Gasteiger partial charge in [-0.1, -0.05) is 12.1 Å². The normalized spacial score (nSPS) is 19.5. The summed E-state index contributed by atoms with van der Waals surface area (Å²) in [7, 11) is 0. The van der Waals surface area contributed by atoms with Crippen LogP contribution in [0.3, 0.4) is 0 Å². The number of rotatable bonds is 2. The molecular weight excluding hydrogens is 234 g/mol. The first-order valence-corrected chi connectivity index (χ1v) is 7.18. The largest absolute Gasteiger partial charge is 0.358 e. The predicted molar refractivity (Wildman–Crippen MR) is 78.6 cm³/mol. The molecule has 2 aromatic rings. The molecule has 0 bridgehead atoms. The van der Waals surface area contributed by atoms with Crippen LogP contribution in [0.25, 0.3) is 10.9 Å². The first-order valence-electron chi connectivity index (χ1n) is 7.18. The number of aromatic amines is 1. The summed E-state index contributed by atoms with van der Waals surface area (Å²) in [6.07, 6.45) is 3.83. The van der Waals surface area contributed by atoms with Crippen LogP contribution in [0, 0.1) is 26.7 Å². The van der Waals surface area contributed by atoms with E-state index in [4.69, 9.17) is 0 Å². The quantitative estimate of drug-likeness (QED) is 0.864. The van der Waals surface area contributed by atoms with Crippen molar-refractivity contribution in [1.82, 2.24) is 4.98 Å². The molecule has 1 N–H and O–H groups in total. The van der Waals surface area contributed by atoms with Crippen LogP contribution in [0.15, 0.2) is 12.1 Å². The van der Waals surface area contributed by atoms with Gasteiger partial charge in [-0.2, -0.15) is 0 Å². The van der Waals surface area contributed by atoms with Crippen LogP contribution in [-0.4, -0.2) is 10.8 Å². The number of benzene rings is 1. The Hall–Kier alpha value is -1.57. The number of nitrogens with one attached hydrogen (secondary N) is 1. The van der Waals surface area contributed by atoms with Gasteiger partial charge in [0.15, 0.2) is 0 Å². The Bertz CT molecular complexity index is 651. The van der Waals surface area contributed by atoms with Crippen molar-refractivity contribution in [2.75, 3.05) is 0 Å². The Kier molecular flexibility index (Phi) is 2.96. The Morgan fingerprint density at radius 1 is 1.26 bits per heavy atom. The van der Waals surface area contributed by atoms with Gasteiger partial charge in [0.2, 0.25) is 0 Å². The summed E-state index contributed by atoms with van der Waals surface area (Å²) in [5, 5.41) is 1.31. The third kappa shape index (κ3) is 1.99. The SMILES string of the molecule is Cc1ccc2c(CC3CCCC3=O)c(C)[nH]c2c1C. The van der Waals surface area contributed by atoms with E-state index in [1.807, 2.05) is 0 Å². The fraction of sp³-hybridized carbons (Fsp3) is 0.471. The fourth-order valence-electron chi connectivity index (χ4n) is 3.31. The molecule has 1 unspecified atom stereocenters. The molecule has 1 aromatic carbocycles. The Morgan fingerprint density at radius 2 is 2.05 bits per heavy atom. The molecule has 0 radical (unpaired) electrons. The summed E-state index contributed by atoms with van der Waals surface area (Å²) in [5.74, 6) is 0.705. The van der Waals surface area contributed by atoms with Crippen molar-refractivity contribution in [3.05, 3.63) is 34.5 Å². The summed E-state index contributed by atoms with van der Waals surface area (Å²) in [4.78, 5) is 15.4. The molecule has 0 aliphatic heterocycles. The topological polar surface area (TPSA) is 32.9 Å². The van der Waals surface area contributed by atoms with Gasteiger partial charge in [-0.3, -0.25) is 4.79 Å². The van der Waals surface area contributed by atoms with E-state index in [0.29, 0.717) is 5.78 Å². The third-order valence-corrected chi connectivity index (χ3v) is 4.71. The highest BCUT2D eigenvalue weighted by Gasteiger charge is 2.26. The lowest BCUT2D eigenvalue weighted by Crippen LogP contribution is -2.09. The number of hydrogen-bond acceptors (Lipinski definition) is 1. The third-order valence-electron chi connectivity index (χ3n) is 4.71. The number of aromatic nitrogens is 1. The lowest BCUT2D eigenvalue weighted by atomic mass is 9.94. The second kappa shape index (κ2) is 4.52. The molecule has 19 heavy (non-hydrogen) atoms. The number of H-pyrrole nitrogens is 1. The number of ketones is 1. The molecule has 2 heteroatoms. The van der Waals surface area contributed by atoms with Gasteiger partial charge < -0.3 is 4.98 Å². The number of carbonyl (C=O) groups is 1. The molecule has 1 fully saturated rings. The molecule has 0 saturated heterocycles. The first kappa shape index (κ1) is 12.5. The predicted octanol–water partition coefficient (Wildman–Crippen LogP) is 4.00. The van der Waals surface area contributed by atoms with Gasteiger partial charge in [0.25, 0.3) is 0 Å². The van der Waals surface area contributed by atoms with E-state index in [-0.39, 0.29) is 5.92 Å². The van der Waals surface area contributed by atoms with Crippen molar-refractivity contribution < 1.29 is 4.79 Å². The smallest absolute Gasteiger partial charge is 0.136 e. The van der Waals surface area contributed by atoms with E-state index in [1.54, 1.807) is 0 Å². The number of hydrogen-bond donors (Lipinski definition) is 1. The molecule has 1 atom stereocenters. The maximum Gasteiger partial charge on any atom is 0.136 e. The van der Waals surface area contributed by atoms with E-state index in [2.05, 4.69) is 37.9 Å². The molecule has 1 heterocycles. The minimum Gasteiger partial charge on any atom is -0.358 e. The van der Waals surface area contributed by atoms with E-state index in [0.717, 1.165) is 25.7 Å². The highest BCUT2D eigenvalue weighted by molar-refractivity contribution is 5.89. The summed E-state index contributed by atoms with van der Waals surface area (Å²) in [5.41, 5.74) is 6.46. The van der Waals surface area contributed by atoms with Crippen LogP contribution in [0.5, 0.6) is 0 Å². The first-order chi connectivity index (χ1) is 9.08. The number of carbonyl (C=O) groups excluding carboxylic acids is 1. The van der Waals surface area contributed by atoms with Gasteiger partial charge >= 0.3 is 0 Å². The summed E-state index contributed by atoms with van der Waals surface area (Å²) >= 11 is 0. The van der Waals surface area contributed by atoms with Gasteiger partial charge in [0.1, 0.15) is 5.78 Å². The molecule has 1 aliphatic rings. The van der Waals surface area contributed by atoms with Crippen LogP contribution in [0.4, 0.5) is 0 Å². The summed E-state index contributed by atoms with van der Waals surface area (Å²) < 4.78 is 0. The zero-order chi connectivity index (χ0) is 13.6. The van der Waals surface area contributed by atoms with E-state index in [9.17, 15) is 4.79 Å². The maximum atomic E-state index is 11.9.